The number of aliphatic imine (C=N–C) groups is 1. The molecule has 0 bridgehead atoms. The van der Waals surface area contributed by atoms with Crippen LogP contribution in [0.25, 0.3) is 0 Å². The van der Waals surface area contributed by atoms with E-state index in [2.05, 4.69) is 21.9 Å². The molecule has 146 valence electrons. The van der Waals surface area contributed by atoms with Gasteiger partial charge in [-0.3, -0.25) is 4.79 Å². The molecule has 2 atom stereocenters. The highest BCUT2D eigenvalue weighted by Gasteiger charge is 2.25. The number of likely N-dealkylation sites (N-methyl/N-ethyl adjacent to an activating group) is 1. The van der Waals surface area contributed by atoms with E-state index in [1.165, 1.54) is 51.4 Å². The van der Waals surface area contributed by atoms with E-state index >= 15 is 0 Å². The number of thioether (sulfide) groups is 1. The van der Waals surface area contributed by atoms with Gasteiger partial charge in [0.2, 0.25) is 5.91 Å². The summed E-state index contributed by atoms with van der Waals surface area (Å²) in [6.45, 7) is 1.19. The van der Waals surface area contributed by atoms with Gasteiger partial charge in [0.1, 0.15) is 6.54 Å². The smallest absolute Gasteiger partial charge is 0.243 e. The summed E-state index contributed by atoms with van der Waals surface area (Å²) in [5.41, 5.74) is 0. The average Bonchev–Trinajstić information content (AvgIpc) is 3.05. The average molecular weight is 482 g/mol. The van der Waals surface area contributed by atoms with Crippen LogP contribution in [0.4, 0.5) is 0 Å². The van der Waals surface area contributed by atoms with Gasteiger partial charge < -0.3 is 15.5 Å². The third-order valence-corrected chi connectivity index (χ3v) is 6.31. The molecular formula is C18H35IN4OS. The minimum Gasteiger partial charge on any atom is -0.356 e. The van der Waals surface area contributed by atoms with Gasteiger partial charge in [-0.2, -0.15) is 11.8 Å². The zero-order valence-corrected chi connectivity index (χ0v) is 19.1. The Hall–Kier alpha value is -0.180. The van der Waals surface area contributed by atoms with Crippen LogP contribution in [0.2, 0.25) is 0 Å². The van der Waals surface area contributed by atoms with Crippen LogP contribution in [0.3, 0.4) is 0 Å². The summed E-state index contributed by atoms with van der Waals surface area (Å²) in [4.78, 5) is 18.0. The molecule has 0 heterocycles. The molecule has 2 aliphatic rings. The fraction of sp³-hybridized carbons (Fsp3) is 0.889. The maximum atomic E-state index is 11.8. The highest BCUT2D eigenvalue weighted by molar-refractivity contribution is 14.0. The predicted molar refractivity (Wildman–Crippen MR) is 119 cm³/mol. The molecule has 0 saturated heterocycles. The monoisotopic (exact) mass is 482 g/mol. The molecule has 1 amide bonds. The van der Waals surface area contributed by atoms with E-state index in [0.29, 0.717) is 6.04 Å². The second-order valence-electron chi connectivity index (χ2n) is 7.35. The first-order valence-corrected chi connectivity index (χ1v) is 10.6. The van der Waals surface area contributed by atoms with Gasteiger partial charge in [-0.15, -0.1) is 24.0 Å². The SMILES string of the molecule is CSC1CCC(NC(=NCC(=O)N(C)C)NCC2CCCCC2)C1.I. The lowest BCUT2D eigenvalue weighted by molar-refractivity contribution is -0.127. The quantitative estimate of drug-likeness (QED) is 0.347. The number of amides is 1. The van der Waals surface area contributed by atoms with E-state index in [1.54, 1.807) is 19.0 Å². The van der Waals surface area contributed by atoms with Gasteiger partial charge in [0.25, 0.3) is 0 Å². The summed E-state index contributed by atoms with van der Waals surface area (Å²) in [5, 5.41) is 7.83. The van der Waals surface area contributed by atoms with E-state index < -0.39 is 0 Å². The molecule has 2 N–H and O–H groups in total. The van der Waals surface area contributed by atoms with Crippen molar-refractivity contribution in [2.75, 3.05) is 33.4 Å². The van der Waals surface area contributed by atoms with Gasteiger partial charge in [-0.1, -0.05) is 19.3 Å². The molecule has 25 heavy (non-hydrogen) atoms. The second-order valence-corrected chi connectivity index (χ2v) is 8.49. The molecule has 2 unspecified atom stereocenters. The van der Waals surface area contributed by atoms with Crippen molar-refractivity contribution in [3.05, 3.63) is 0 Å². The Morgan fingerprint density at radius 2 is 1.88 bits per heavy atom. The molecule has 0 spiro atoms. The maximum absolute atomic E-state index is 11.8. The Bertz CT molecular complexity index is 427. The summed E-state index contributed by atoms with van der Waals surface area (Å²) in [6, 6.07) is 0.481. The third kappa shape index (κ3) is 8.37. The van der Waals surface area contributed by atoms with Crippen molar-refractivity contribution in [2.24, 2.45) is 10.9 Å². The summed E-state index contributed by atoms with van der Waals surface area (Å²) in [7, 11) is 3.56. The Morgan fingerprint density at radius 3 is 2.48 bits per heavy atom. The number of rotatable bonds is 6. The Balaban J connectivity index is 0.00000312. The highest BCUT2D eigenvalue weighted by Crippen LogP contribution is 2.28. The second kappa shape index (κ2) is 12.3. The predicted octanol–water partition coefficient (Wildman–Crippen LogP) is 3.09. The van der Waals surface area contributed by atoms with Crippen LogP contribution in [0.5, 0.6) is 0 Å². The number of carbonyl (C=O) groups excluding carboxylic acids is 1. The molecule has 2 fully saturated rings. The molecule has 2 saturated carbocycles. The molecule has 0 aromatic carbocycles. The fourth-order valence-corrected chi connectivity index (χ4v) is 4.35. The van der Waals surface area contributed by atoms with Crippen LogP contribution < -0.4 is 10.6 Å². The number of hydrogen-bond donors (Lipinski definition) is 2. The van der Waals surface area contributed by atoms with Crippen LogP contribution in [0, 0.1) is 5.92 Å². The van der Waals surface area contributed by atoms with Gasteiger partial charge in [-0.25, -0.2) is 4.99 Å². The maximum Gasteiger partial charge on any atom is 0.243 e. The summed E-state index contributed by atoms with van der Waals surface area (Å²) < 4.78 is 0. The molecule has 2 aliphatic carbocycles. The minimum atomic E-state index is 0. The van der Waals surface area contributed by atoms with Gasteiger partial charge in [0, 0.05) is 31.9 Å². The lowest BCUT2D eigenvalue weighted by Gasteiger charge is -2.24. The normalized spacial score (nSPS) is 24.5. The van der Waals surface area contributed by atoms with E-state index in [1.807, 2.05) is 11.8 Å². The number of guanidine groups is 1. The fourth-order valence-electron chi connectivity index (χ4n) is 3.55. The molecule has 5 nitrogen and oxygen atoms in total. The first-order chi connectivity index (χ1) is 11.6. The van der Waals surface area contributed by atoms with E-state index in [9.17, 15) is 4.79 Å². The van der Waals surface area contributed by atoms with Crippen LogP contribution in [-0.2, 0) is 4.79 Å². The largest absolute Gasteiger partial charge is 0.356 e. The van der Waals surface area contributed by atoms with E-state index in [4.69, 9.17) is 0 Å². The van der Waals surface area contributed by atoms with Crippen molar-refractivity contribution in [1.82, 2.24) is 15.5 Å². The van der Waals surface area contributed by atoms with E-state index in [0.717, 1.165) is 23.7 Å². The van der Waals surface area contributed by atoms with Crippen molar-refractivity contribution < 1.29 is 4.79 Å². The highest BCUT2D eigenvalue weighted by atomic mass is 127. The van der Waals surface area contributed by atoms with Crippen LogP contribution in [0.1, 0.15) is 51.4 Å². The molecule has 0 aromatic heterocycles. The number of carbonyl (C=O) groups is 1. The first-order valence-electron chi connectivity index (χ1n) is 9.36. The minimum absolute atomic E-state index is 0. The molecule has 7 heteroatoms. The number of halogens is 1. The zero-order chi connectivity index (χ0) is 17.4. The Morgan fingerprint density at radius 1 is 1.16 bits per heavy atom. The lowest BCUT2D eigenvalue weighted by Crippen LogP contribution is -2.45. The summed E-state index contributed by atoms with van der Waals surface area (Å²) in [6.07, 6.45) is 12.6. The lowest BCUT2D eigenvalue weighted by atomic mass is 9.89. The molecule has 0 aromatic rings. The number of nitrogens with zero attached hydrogens (tertiary/aromatic N) is 2. The molecular weight excluding hydrogens is 447 g/mol. The summed E-state index contributed by atoms with van der Waals surface area (Å²) in [5.74, 6) is 1.61. The van der Waals surface area contributed by atoms with Crippen LogP contribution >= 0.6 is 35.7 Å². The number of hydrogen-bond acceptors (Lipinski definition) is 3. The van der Waals surface area contributed by atoms with Gasteiger partial charge in [0.05, 0.1) is 0 Å². The Labute approximate surface area is 174 Å². The van der Waals surface area contributed by atoms with Gasteiger partial charge >= 0.3 is 0 Å². The third-order valence-electron chi connectivity index (χ3n) is 5.21. The molecule has 0 radical (unpaired) electrons. The van der Waals surface area contributed by atoms with Crippen LogP contribution in [0.15, 0.2) is 4.99 Å². The topological polar surface area (TPSA) is 56.7 Å². The molecule has 0 aliphatic heterocycles. The van der Waals surface area contributed by atoms with Crippen molar-refractivity contribution in [3.8, 4) is 0 Å². The van der Waals surface area contributed by atoms with Crippen molar-refractivity contribution >= 4 is 47.6 Å². The van der Waals surface area contributed by atoms with Crippen molar-refractivity contribution in [2.45, 2.75) is 62.7 Å². The van der Waals surface area contributed by atoms with Crippen molar-refractivity contribution in [3.63, 3.8) is 0 Å². The standard InChI is InChI=1S/C18H34N4OS.HI/c1-22(2)17(23)13-20-18(19-12-14-7-5-4-6-8-14)21-15-9-10-16(11-15)24-3;/h14-16H,4-13H2,1-3H3,(H2,19,20,21);1H. The van der Waals surface area contributed by atoms with E-state index in [-0.39, 0.29) is 36.4 Å². The van der Waals surface area contributed by atoms with Crippen LogP contribution in [-0.4, -0.2) is 61.5 Å². The summed E-state index contributed by atoms with van der Waals surface area (Å²) >= 11 is 1.96. The first kappa shape index (κ1) is 22.9. The van der Waals surface area contributed by atoms with Gasteiger partial charge in [0.15, 0.2) is 5.96 Å². The van der Waals surface area contributed by atoms with Crippen molar-refractivity contribution in [1.29, 1.82) is 0 Å². The van der Waals surface area contributed by atoms with Gasteiger partial charge in [-0.05, 0) is 44.3 Å². The Kier molecular flexibility index (Phi) is 11.2. The molecule has 2 rings (SSSR count). The zero-order valence-electron chi connectivity index (χ0n) is 15.9. The number of nitrogens with one attached hydrogen (secondary N) is 2.